The molecule has 0 saturated carbocycles. The number of hydrogen-bond acceptors (Lipinski definition) is 8. The number of aromatic nitrogens is 4. The Morgan fingerprint density at radius 1 is 1.20 bits per heavy atom. The van der Waals surface area contributed by atoms with Gasteiger partial charge in [0.15, 0.2) is 0 Å². The zero-order valence-electron chi connectivity index (χ0n) is 16.7. The predicted molar refractivity (Wildman–Crippen MR) is 103 cm³/mol. The Hall–Kier alpha value is -3.37. The largest absolute Gasteiger partial charge is 0.339 e. The molecule has 2 aliphatic rings. The minimum atomic E-state index is -0.749. The minimum absolute atomic E-state index is 0.126. The molecule has 4 heterocycles. The van der Waals surface area contributed by atoms with Crippen LogP contribution in [0.5, 0.6) is 0 Å². The number of piperazine rings is 1. The molecule has 4 amide bonds. The fourth-order valence-electron chi connectivity index (χ4n) is 3.84. The molecule has 2 saturated heterocycles. The van der Waals surface area contributed by atoms with Crippen molar-refractivity contribution < 1.29 is 18.9 Å². The van der Waals surface area contributed by atoms with Crippen molar-refractivity contribution in [3.05, 3.63) is 24.5 Å². The molecule has 11 heteroatoms. The van der Waals surface area contributed by atoms with Gasteiger partial charge in [-0.2, -0.15) is 4.98 Å². The molecule has 0 bridgehead atoms. The highest BCUT2D eigenvalue weighted by Gasteiger charge is 2.38. The van der Waals surface area contributed by atoms with Crippen LogP contribution >= 0.6 is 0 Å². The predicted octanol–water partition coefficient (Wildman–Crippen LogP) is 0.592. The van der Waals surface area contributed by atoms with Gasteiger partial charge < -0.3 is 14.3 Å². The van der Waals surface area contributed by atoms with Crippen LogP contribution in [0.1, 0.15) is 25.7 Å². The number of likely N-dealkylation sites (tertiary alicyclic amines) is 1. The van der Waals surface area contributed by atoms with Crippen LogP contribution in [0.3, 0.4) is 0 Å². The fraction of sp³-hybridized carbons (Fsp3) is 0.526. The number of likely N-dealkylation sites (N-methyl/N-ethyl adjacent to an activating group) is 1. The molecule has 0 N–H and O–H groups in total. The number of rotatable bonds is 4. The van der Waals surface area contributed by atoms with Gasteiger partial charge in [-0.1, -0.05) is 5.16 Å². The second-order valence-corrected chi connectivity index (χ2v) is 7.38. The Kier molecular flexibility index (Phi) is 5.68. The number of nitrogens with zero attached hydrogens (tertiary/aromatic N) is 7. The topological polar surface area (TPSA) is 126 Å². The second kappa shape index (κ2) is 8.56. The monoisotopic (exact) mass is 413 g/mol. The van der Waals surface area contributed by atoms with Crippen molar-refractivity contribution in [2.75, 3.05) is 32.7 Å². The molecule has 2 fully saturated rings. The molecule has 0 spiro atoms. The summed E-state index contributed by atoms with van der Waals surface area (Å²) in [5, 5.41) is 3.95. The van der Waals surface area contributed by atoms with E-state index in [9.17, 15) is 14.4 Å². The van der Waals surface area contributed by atoms with Gasteiger partial charge in [0, 0.05) is 51.5 Å². The average Bonchev–Trinajstić information content (AvgIpc) is 3.24. The summed E-state index contributed by atoms with van der Waals surface area (Å²) in [7, 11) is 0. The molecule has 2 aromatic rings. The molecule has 0 aromatic carbocycles. The van der Waals surface area contributed by atoms with E-state index in [1.807, 2.05) is 6.92 Å². The van der Waals surface area contributed by atoms with Crippen molar-refractivity contribution in [1.29, 1.82) is 0 Å². The zero-order valence-corrected chi connectivity index (χ0v) is 16.7. The molecule has 0 radical (unpaired) electrons. The van der Waals surface area contributed by atoms with Crippen molar-refractivity contribution >= 4 is 17.8 Å². The smallest absolute Gasteiger partial charge is 0.327 e. The Morgan fingerprint density at radius 3 is 2.83 bits per heavy atom. The first kappa shape index (κ1) is 19.9. The van der Waals surface area contributed by atoms with Crippen molar-refractivity contribution in [3.63, 3.8) is 0 Å². The third-order valence-electron chi connectivity index (χ3n) is 5.43. The van der Waals surface area contributed by atoms with E-state index in [2.05, 4.69) is 20.1 Å². The van der Waals surface area contributed by atoms with E-state index in [0.29, 0.717) is 50.0 Å². The first-order valence-electron chi connectivity index (χ1n) is 10.1. The summed E-state index contributed by atoms with van der Waals surface area (Å²) in [6.07, 6.45) is 6.92. The number of hydrogen-bond donors (Lipinski definition) is 0. The Morgan fingerprint density at radius 2 is 2.07 bits per heavy atom. The molecule has 2 aliphatic heterocycles. The van der Waals surface area contributed by atoms with E-state index in [0.717, 1.165) is 17.7 Å². The lowest BCUT2D eigenvalue weighted by Gasteiger charge is -2.38. The van der Waals surface area contributed by atoms with Crippen molar-refractivity contribution in [2.24, 2.45) is 5.92 Å². The van der Waals surface area contributed by atoms with Crippen LogP contribution in [-0.4, -0.2) is 85.4 Å². The normalized spacial score (nSPS) is 20.0. The van der Waals surface area contributed by atoms with Gasteiger partial charge in [0.1, 0.15) is 5.69 Å². The molecule has 1 atom stereocenters. The van der Waals surface area contributed by atoms with E-state index in [1.165, 1.54) is 4.90 Å². The van der Waals surface area contributed by atoms with E-state index in [4.69, 9.17) is 4.52 Å². The highest BCUT2D eigenvalue weighted by atomic mass is 16.5. The van der Waals surface area contributed by atoms with Gasteiger partial charge in [-0.05, 0) is 25.7 Å². The van der Waals surface area contributed by atoms with E-state index in [1.54, 1.807) is 23.5 Å². The van der Waals surface area contributed by atoms with Crippen LogP contribution < -0.4 is 0 Å². The minimum Gasteiger partial charge on any atom is -0.339 e. The molecule has 0 aliphatic carbocycles. The summed E-state index contributed by atoms with van der Waals surface area (Å²) in [6, 6.07) is -0.403. The molecule has 158 valence electrons. The molecule has 11 nitrogen and oxygen atoms in total. The molecular formula is C19H23N7O4. The molecule has 30 heavy (non-hydrogen) atoms. The van der Waals surface area contributed by atoms with E-state index >= 15 is 0 Å². The summed E-state index contributed by atoms with van der Waals surface area (Å²) >= 11 is 0. The first-order chi connectivity index (χ1) is 14.6. The lowest BCUT2D eigenvalue weighted by atomic mass is 9.95. The first-order valence-corrected chi connectivity index (χ1v) is 10.1. The van der Waals surface area contributed by atoms with Crippen LogP contribution in [0.15, 0.2) is 23.1 Å². The van der Waals surface area contributed by atoms with Crippen molar-refractivity contribution in [1.82, 2.24) is 34.8 Å². The van der Waals surface area contributed by atoms with Gasteiger partial charge >= 0.3 is 17.8 Å². The molecule has 2 aromatic heterocycles. The summed E-state index contributed by atoms with van der Waals surface area (Å²) in [4.78, 5) is 54.0. The third kappa shape index (κ3) is 4.00. The van der Waals surface area contributed by atoms with Crippen LogP contribution in [0, 0.1) is 5.92 Å². The summed E-state index contributed by atoms with van der Waals surface area (Å²) in [5.74, 6) is -0.396. The summed E-state index contributed by atoms with van der Waals surface area (Å²) in [6.45, 7) is 3.89. The zero-order chi connectivity index (χ0) is 21.1. The second-order valence-electron chi connectivity index (χ2n) is 7.38. The quantitative estimate of drug-likeness (QED) is 0.667. The average molecular weight is 413 g/mol. The molecule has 0 unspecified atom stereocenters. The summed E-state index contributed by atoms with van der Waals surface area (Å²) < 4.78 is 5.34. The highest BCUT2D eigenvalue weighted by molar-refractivity contribution is 6.38. The third-order valence-corrected chi connectivity index (χ3v) is 5.43. The Bertz CT molecular complexity index is 932. The number of carbonyl (C=O) groups excluding carboxylic acids is 3. The van der Waals surface area contributed by atoms with Crippen LogP contribution in [0.25, 0.3) is 11.5 Å². The maximum atomic E-state index is 12.9. The lowest BCUT2D eigenvalue weighted by molar-refractivity contribution is -0.154. The van der Waals surface area contributed by atoms with Gasteiger partial charge in [-0.15, -0.1) is 0 Å². The maximum Gasteiger partial charge on any atom is 0.327 e. The maximum absolute atomic E-state index is 12.9. The van der Waals surface area contributed by atoms with Gasteiger partial charge in [0.25, 0.3) is 0 Å². The Labute approximate surface area is 173 Å². The Balaban J connectivity index is 1.38. The standard InChI is InChI=1S/C19H23N7O4/c1-2-24-8-9-26(18(28)17(24)27)19(29)25-7-3-4-13(12-25)10-15-22-16(23-30-15)14-11-20-5-6-21-14/h5-6,11,13H,2-4,7-10,12H2,1H3/t13-/m1/s1. The number of carbonyl (C=O) groups is 3. The number of amides is 4. The number of imide groups is 1. The molecule has 4 rings (SSSR count). The van der Waals surface area contributed by atoms with Gasteiger partial charge in [-0.3, -0.25) is 19.5 Å². The van der Waals surface area contributed by atoms with Gasteiger partial charge in [-0.25, -0.2) is 9.78 Å². The fourth-order valence-corrected chi connectivity index (χ4v) is 3.84. The van der Waals surface area contributed by atoms with Crippen LogP contribution in [-0.2, 0) is 16.0 Å². The van der Waals surface area contributed by atoms with Gasteiger partial charge in [0.05, 0.1) is 6.20 Å². The van der Waals surface area contributed by atoms with Crippen molar-refractivity contribution in [2.45, 2.75) is 26.2 Å². The van der Waals surface area contributed by atoms with Gasteiger partial charge in [0.2, 0.25) is 11.7 Å². The SMILES string of the molecule is CCN1CCN(C(=O)N2CCC[C@H](Cc3nc(-c4cnccn4)no3)C2)C(=O)C1=O. The van der Waals surface area contributed by atoms with Crippen LogP contribution in [0.2, 0.25) is 0 Å². The van der Waals surface area contributed by atoms with Crippen molar-refractivity contribution in [3.8, 4) is 11.5 Å². The highest BCUT2D eigenvalue weighted by Crippen LogP contribution is 2.23. The molecular weight excluding hydrogens is 390 g/mol. The number of piperidine rings is 1. The lowest BCUT2D eigenvalue weighted by Crippen LogP contribution is -2.59. The summed E-state index contributed by atoms with van der Waals surface area (Å²) in [5.41, 5.74) is 0.530. The van der Waals surface area contributed by atoms with E-state index in [-0.39, 0.29) is 12.5 Å². The van der Waals surface area contributed by atoms with Crippen LogP contribution in [0.4, 0.5) is 4.79 Å². The van der Waals surface area contributed by atoms with E-state index < -0.39 is 17.8 Å². The number of urea groups is 1.